The molecule has 4 heteroatoms. The molecule has 0 spiro atoms. The highest BCUT2D eigenvalue weighted by molar-refractivity contribution is 5.96. The summed E-state index contributed by atoms with van der Waals surface area (Å²) in [6, 6.07) is 16.9. The van der Waals surface area contributed by atoms with Gasteiger partial charge in [0, 0.05) is 30.8 Å². The molecule has 0 saturated heterocycles. The van der Waals surface area contributed by atoms with Crippen molar-refractivity contribution >= 4 is 17.5 Å². The van der Waals surface area contributed by atoms with Crippen LogP contribution in [0.2, 0.25) is 0 Å². The maximum atomic E-state index is 12.4. The molecule has 0 aliphatic carbocycles. The Hall–Kier alpha value is -2.62. The summed E-state index contributed by atoms with van der Waals surface area (Å²) < 4.78 is 0. The summed E-state index contributed by atoms with van der Waals surface area (Å²) in [6.07, 6.45) is 0.278. The van der Waals surface area contributed by atoms with Crippen molar-refractivity contribution in [1.82, 2.24) is 5.32 Å². The first-order chi connectivity index (χ1) is 11.1. The molecule has 0 aliphatic heterocycles. The second-order valence-electron chi connectivity index (χ2n) is 5.35. The van der Waals surface area contributed by atoms with Crippen molar-refractivity contribution in [2.75, 3.05) is 18.0 Å². The van der Waals surface area contributed by atoms with Crippen LogP contribution in [0.4, 0.5) is 5.69 Å². The van der Waals surface area contributed by atoms with E-state index in [2.05, 4.69) is 5.32 Å². The summed E-state index contributed by atoms with van der Waals surface area (Å²) in [7, 11) is 0. The van der Waals surface area contributed by atoms with Crippen molar-refractivity contribution in [3.05, 3.63) is 65.7 Å². The predicted molar refractivity (Wildman–Crippen MR) is 92.6 cm³/mol. The molecule has 0 saturated carbocycles. The van der Waals surface area contributed by atoms with E-state index in [-0.39, 0.29) is 18.2 Å². The van der Waals surface area contributed by atoms with Gasteiger partial charge in [-0.1, -0.05) is 30.3 Å². The third kappa shape index (κ3) is 4.68. The molecular weight excluding hydrogens is 288 g/mol. The third-order valence-electron chi connectivity index (χ3n) is 3.59. The van der Waals surface area contributed by atoms with Gasteiger partial charge in [0.15, 0.2) is 0 Å². The lowest BCUT2D eigenvalue weighted by Crippen LogP contribution is -2.34. The van der Waals surface area contributed by atoms with Crippen LogP contribution in [-0.2, 0) is 4.79 Å². The quantitative estimate of drug-likeness (QED) is 0.891. The minimum atomic E-state index is -0.156. The van der Waals surface area contributed by atoms with Gasteiger partial charge in [-0.05, 0) is 43.7 Å². The Labute approximate surface area is 137 Å². The molecule has 0 aliphatic rings. The number of benzene rings is 2. The Bertz CT molecular complexity index is 668. The number of aryl methyl sites for hydroxylation is 1. The zero-order valence-electron chi connectivity index (χ0n) is 13.6. The molecule has 23 heavy (non-hydrogen) atoms. The highest BCUT2D eigenvalue weighted by atomic mass is 16.2. The number of nitrogens with one attached hydrogen (secondary N) is 1. The summed E-state index contributed by atoms with van der Waals surface area (Å²) in [5.74, 6) is -0.150. The second-order valence-corrected chi connectivity index (χ2v) is 5.35. The first-order valence-corrected chi connectivity index (χ1v) is 7.82. The molecule has 2 aromatic carbocycles. The lowest BCUT2D eigenvalue weighted by molar-refractivity contribution is -0.118. The van der Waals surface area contributed by atoms with E-state index in [0.717, 1.165) is 11.3 Å². The second kappa shape index (κ2) is 8.13. The zero-order chi connectivity index (χ0) is 16.7. The van der Waals surface area contributed by atoms with Crippen molar-refractivity contribution in [3.8, 4) is 0 Å². The Kier molecular flexibility index (Phi) is 5.92. The van der Waals surface area contributed by atoms with Crippen molar-refractivity contribution in [1.29, 1.82) is 0 Å². The molecule has 2 rings (SSSR count). The van der Waals surface area contributed by atoms with Gasteiger partial charge in [-0.15, -0.1) is 0 Å². The molecule has 0 heterocycles. The molecule has 0 radical (unpaired) electrons. The summed E-state index contributed by atoms with van der Waals surface area (Å²) >= 11 is 0. The Balaban J connectivity index is 1.89. The first-order valence-electron chi connectivity index (χ1n) is 7.82. The van der Waals surface area contributed by atoms with Gasteiger partial charge in [0.2, 0.25) is 5.91 Å². The minimum Gasteiger partial charge on any atom is -0.352 e. The summed E-state index contributed by atoms with van der Waals surface area (Å²) in [6.45, 7) is 4.88. The van der Waals surface area contributed by atoms with E-state index < -0.39 is 0 Å². The van der Waals surface area contributed by atoms with E-state index in [1.54, 1.807) is 17.0 Å². The van der Waals surface area contributed by atoms with Crippen LogP contribution in [0.5, 0.6) is 0 Å². The van der Waals surface area contributed by atoms with Crippen LogP contribution in [0.15, 0.2) is 54.6 Å². The van der Waals surface area contributed by atoms with Crippen LogP contribution in [0.25, 0.3) is 0 Å². The number of hydrogen-bond acceptors (Lipinski definition) is 2. The molecule has 0 fully saturated rings. The smallest absolute Gasteiger partial charge is 0.251 e. The standard InChI is InChI=1S/C19H22N2O2/c1-3-21(17-11-7-8-15(2)14-17)18(22)12-13-20-19(23)16-9-5-4-6-10-16/h4-11,14H,3,12-13H2,1-2H3,(H,20,23). The van der Waals surface area contributed by atoms with Crippen LogP contribution in [0.1, 0.15) is 29.3 Å². The third-order valence-corrected chi connectivity index (χ3v) is 3.59. The lowest BCUT2D eigenvalue weighted by Gasteiger charge is -2.21. The number of hydrogen-bond donors (Lipinski definition) is 1. The molecule has 120 valence electrons. The molecule has 4 nitrogen and oxygen atoms in total. The fourth-order valence-electron chi connectivity index (χ4n) is 2.41. The van der Waals surface area contributed by atoms with Gasteiger partial charge in [-0.3, -0.25) is 9.59 Å². The number of rotatable bonds is 6. The monoisotopic (exact) mass is 310 g/mol. The molecule has 0 bridgehead atoms. The summed E-state index contributed by atoms with van der Waals surface area (Å²) in [5, 5.41) is 2.79. The van der Waals surface area contributed by atoms with E-state index in [1.165, 1.54) is 0 Å². The SMILES string of the molecule is CCN(C(=O)CCNC(=O)c1ccccc1)c1cccc(C)c1. The number of carbonyl (C=O) groups excluding carboxylic acids is 2. The fourth-order valence-corrected chi connectivity index (χ4v) is 2.41. The maximum Gasteiger partial charge on any atom is 0.251 e. The molecule has 1 N–H and O–H groups in total. The Morgan fingerprint density at radius 3 is 2.43 bits per heavy atom. The number of amides is 2. The fraction of sp³-hybridized carbons (Fsp3) is 0.263. The van der Waals surface area contributed by atoms with Gasteiger partial charge in [-0.2, -0.15) is 0 Å². The van der Waals surface area contributed by atoms with Crippen LogP contribution < -0.4 is 10.2 Å². The van der Waals surface area contributed by atoms with E-state index in [0.29, 0.717) is 18.7 Å². The maximum absolute atomic E-state index is 12.4. The first kappa shape index (κ1) is 16.7. The van der Waals surface area contributed by atoms with Gasteiger partial charge >= 0.3 is 0 Å². The largest absolute Gasteiger partial charge is 0.352 e. The topological polar surface area (TPSA) is 49.4 Å². The van der Waals surface area contributed by atoms with Gasteiger partial charge in [0.25, 0.3) is 5.91 Å². The van der Waals surface area contributed by atoms with E-state index in [9.17, 15) is 9.59 Å². The molecule has 0 atom stereocenters. The number of nitrogens with zero attached hydrogens (tertiary/aromatic N) is 1. The van der Waals surface area contributed by atoms with Crippen LogP contribution in [0.3, 0.4) is 0 Å². The highest BCUT2D eigenvalue weighted by Gasteiger charge is 2.14. The molecule has 0 unspecified atom stereocenters. The van der Waals surface area contributed by atoms with Gasteiger partial charge in [0.05, 0.1) is 0 Å². The van der Waals surface area contributed by atoms with E-state index in [1.807, 2.05) is 56.3 Å². The highest BCUT2D eigenvalue weighted by Crippen LogP contribution is 2.16. The van der Waals surface area contributed by atoms with Crippen molar-refractivity contribution in [2.24, 2.45) is 0 Å². The normalized spacial score (nSPS) is 10.2. The van der Waals surface area contributed by atoms with Gasteiger partial charge < -0.3 is 10.2 Å². The van der Waals surface area contributed by atoms with Crippen molar-refractivity contribution in [2.45, 2.75) is 20.3 Å². The van der Waals surface area contributed by atoms with Gasteiger partial charge in [-0.25, -0.2) is 0 Å². The van der Waals surface area contributed by atoms with E-state index >= 15 is 0 Å². The van der Waals surface area contributed by atoms with Crippen molar-refractivity contribution < 1.29 is 9.59 Å². The molecule has 0 aromatic heterocycles. The molecule has 2 aromatic rings. The minimum absolute atomic E-state index is 0.00598. The van der Waals surface area contributed by atoms with Crippen LogP contribution in [0, 0.1) is 6.92 Å². The Morgan fingerprint density at radius 1 is 1.04 bits per heavy atom. The van der Waals surface area contributed by atoms with Crippen molar-refractivity contribution in [3.63, 3.8) is 0 Å². The molecule has 2 amide bonds. The van der Waals surface area contributed by atoms with Gasteiger partial charge in [0.1, 0.15) is 0 Å². The number of anilines is 1. The lowest BCUT2D eigenvalue weighted by atomic mass is 10.2. The van der Waals surface area contributed by atoms with Crippen LogP contribution in [-0.4, -0.2) is 24.9 Å². The Morgan fingerprint density at radius 2 is 1.78 bits per heavy atom. The average Bonchev–Trinajstić information content (AvgIpc) is 2.56. The predicted octanol–water partition coefficient (Wildman–Crippen LogP) is 3.17. The van der Waals surface area contributed by atoms with Crippen LogP contribution >= 0.6 is 0 Å². The summed E-state index contributed by atoms with van der Waals surface area (Å²) in [4.78, 5) is 26.1. The van der Waals surface area contributed by atoms with E-state index in [4.69, 9.17) is 0 Å². The zero-order valence-corrected chi connectivity index (χ0v) is 13.6. The number of carbonyl (C=O) groups is 2. The molecular formula is C19H22N2O2. The summed E-state index contributed by atoms with van der Waals surface area (Å²) in [5.41, 5.74) is 2.61. The average molecular weight is 310 g/mol.